The average Bonchev–Trinajstić information content (AvgIpc) is 2.93. The van der Waals surface area contributed by atoms with Crippen molar-refractivity contribution in [2.24, 2.45) is 0 Å². The lowest BCUT2D eigenvalue weighted by Gasteiger charge is -2.11. The Labute approximate surface area is 145 Å². The van der Waals surface area contributed by atoms with E-state index in [0.29, 0.717) is 17.2 Å². The van der Waals surface area contributed by atoms with Crippen molar-refractivity contribution in [1.82, 2.24) is 16.2 Å². The number of rotatable bonds is 4. The second kappa shape index (κ2) is 7.89. The zero-order valence-electron chi connectivity index (χ0n) is 13.1. The molecule has 0 radical (unpaired) electrons. The van der Waals surface area contributed by atoms with Gasteiger partial charge in [-0.15, -0.1) is 17.9 Å². The smallest absolute Gasteiger partial charge is 0.271 e. The number of thiocarbonyl (C=S) groups is 1. The molecule has 3 N–H and O–H groups in total. The van der Waals surface area contributed by atoms with Gasteiger partial charge in [-0.05, 0) is 31.6 Å². The number of hydrogen-bond donors (Lipinski definition) is 3. The largest absolute Gasteiger partial charge is 0.358 e. The molecule has 0 unspecified atom stereocenters. The number of carbonyl (C=O) groups is 1. The minimum absolute atomic E-state index is 0.215. The lowest BCUT2D eigenvalue weighted by atomic mass is 10.0. The normalized spacial score (nSPS) is 10.0. The first kappa shape index (κ1) is 17.2. The number of aryl methyl sites for hydroxylation is 2. The fourth-order valence-electron chi connectivity index (χ4n) is 2.09. The predicted octanol–water partition coefficient (Wildman–Crippen LogP) is 3.33. The number of nitrogens with one attached hydrogen (secondary N) is 3. The van der Waals surface area contributed by atoms with E-state index < -0.39 is 0 Å². The van der Waals surface area contributed by atoms with Crippen LogP contribution in [0, 0.1) is 13.8 Å². The molecule has 120 valence electrons. The number of thiophene rings is 1. The van der Waals surface area contributed by atoms with Crippen LogP contribution in [0.5, 0.6) is 0 Å². The molecule has 0 saturated carbocycles. The topological polar surface area (TPSA) is 53.2 Å². The van der Waals surface area contributed by atoms with E-state index in [1.807, 2.05) is 43.5 Å². The van der Waals surface area contributed by atoms with E-state index in [4.69, 9.17) is 12.2 Å². The maximum Gasteiger partial charge on any atom is 0.271 e. The van der Waals surface area contributed by atoms with Gasteiger partial charge in [-0.2, -0.15) is 0 Å². The van der Waals surface area contributed by atoms with Crippen LogP contribution in [0.3, 0.4) is 0 Å². The molecule has 0 aliphatic rings. The molecule has 1 aromatic carbocycles. The second-order valence-corrected chi connectivity index (χ2v) is 6.52. The van der Waals surface area contributed by atoms with E-state index >= 15 is 0 Å². The number of benzene rings is 1. The second-order valence-electron chi connectivity index (χ2n) is 5.02. The first-order valence-electron chi connectivity index (χ1n) is 7.13. The van der Waals surface area contributed by atoms with Crippen LogP contribution < -0.4 is 16.2 Å². The van der Waals surface area contributed by atoms with E-state index in [2.05, 4.69) is 22.7 Å². The summed E-state index contributed by atoms with van der Waals surface area (Å²) in [6.07, 6.45) is 1.69. The van der Waals surface area contributed by atoms with E-state index in [1.165, 1.54) is 5.56 Å². The Hall–Kier alpha value is -2.18. The van der Waals surface area contributed by atoms with E-state index in [0.717, 1.165) is 16.0 Å². The Balaban J connectivity index is 2.14. The number of hydrazine groups is 1. The molecule has 1 amide bonds. The fourth-order valence-corrected chi connectivity index (χ4v) is 3.09. The summed E-state index contributed by atoms with van der Waals surface area (Å²) in [5.74, 6) is -0.215. The lowest BCUT2D eigenvalue weighted by molar-refractivity contribution is 0.0945. The van der Waals surface area contributed by atoms with Gasteiger partial charge in [-0.25, -0.2) is 0 Å². The quantitative estimate of drug-likeness (QED) is 0.452. The van der Waals surface area contributed by atoms with Crippen LogP contribution in [0.4, 0.5) is 0 Å². The van der Waals surface area contributed by atoms with Gasteiger partial charge in [0, 0.05) is 22.4 Å². The highest BCUT2D eigenvalue weighted by molar-refractivity contribution is 7.80. The molecule has 2 rings (SSSR count). The highest BCUT2D eigenvalue weighted by Gasteiger charge is 2.17. The zero-order chi connectivity index (χ0) is 16.8. The fraction of sp³-hybridized carbons (Fsp3) is 0.176. The van der Waals surface area contributed by atoms with E-state index in [1.54, 1.807) is 17.4 Å². The van der Waals surface area contributed by atoms with E-state index in [9.17, 15) is 4.79 Å². The summed E-state index contributed by atoms with van der Waals surface area (Å²) in [6.45, 7) is 8.18. The minimum Gasteiger partial charge on any atom is -0.358 e. The van der Waals surface area contributed by atoms with Gasteiger partial charge in [0.05, 0.1) is 5.56 Å². The van der Waals surface area contributed by atoms with Crippen LogP contribution in [-0.2, 0) is 0 Å². The van der Waals surface area contributed by atoms with Crippen LogP contribution in [0.2, 0.25) is 0 Å². The Morgan fingerprint density at radius 1 is 1.26 bits per heavy atom. The van der Waals surface area contributed by atoms with Crippen LogP contribution >= 0.6 is 23.6 Å². The Morgan fingerprint density at radius 3 is 2.61 bits per heavy atom. The lowest BCUT2D eigenvalue weighted by Crippen LogP contribution is -2.46. The van der Waals surface area contributed by atoms with Crippen LogP contribution in [-0.4, -0.2) is 17.6 Å². The number of hydrogen-bond acceptors (Lipinski definition) is 3. The molecule has 0 aliphatic heterocycles. The van der Waals surface area contributed by atoms with Gasteiger partial charge in [0.2, 0.25) is 0 Å². The SMILES string of the molecule is C=CCNC(=S)NNC(=O)c1csc(C)c1-c1ccc(C)cc1. The van der Waals surface area contributed by atoms with Crippen molar-refractivity contribution in [2.75, 3.05) is 6.54 Å². The average molecular weight is 345 g/mol. The molecule has 0 bridgehead atoms. The van der Waals surface area contributed by atoms with Crippen molar-refractivity contribution in [3.63, 3.8) is 0 Å². The molecule has 0 fully saturated rings. The summed E-state index contributed by atoms with van der Waals surface area (Å²) in [6, 6.07) is 8.15. The van der Waals surface area contributed by atoms with Crippen molar-refractivity contribution in [3.8, 4) is 11.1 Å². The Kier molecular flexibility index (Phi) is 5.90. The van der Waals surface area contributed by atoms with Crippen LogP contribution in [0.15, 0.2) is 42.3 Å². The van der Waals surface area contributed by atoms with Crippen LogP contribution in [0.25, 0.3) is 11.1 Å². The third-order valence-corrected chi connectivity index (χ3v) is 4.41. The monoisotopic (exact) mass is 345 g/mol. The molecular weight excluding hydrogens is 326 g/mol. The summed E-state index contributed by atoms with van der Waals surface area (Å²) in [5, 5.41) is 5.10. The third-order valence-electron chi connectivity index (χ3n) is 3.26. The highest BCUT2D eigenvalue weighted by atomic mass is 32.1. The standard InChI is InChI=1S/C17H19N3OS2/c1-4-9-18-17(22)20-19-16(21)14-10-23-12(3)15(14)13-7-5-11(2)6-8-13/h4-8,10H,1,9H2,2-3H3,(H,19,21)(H2,18,20,22). The van der Waals surface area contributed by atoms with Crippen molar-refractivity contribution in [1.29, 1.82) is 0 Å². The van der Waals surface area contributed by atoms with Crippen molar-refractivity contribution < 1.29 is 4.79 Å². The van der Waals surface area contributed by atoms with Gasteiger partial charge in [-0.1, -0.05) is 35.9 Å². The van der Waals surface area contributed by atoms with E-state index in [-0.39, 0.29) is 5.91 Å². The van der Waals surface area contributed by atoms with Gasteiger partial charge in [0.25, 0.3) is 5.91 Å². The molecule has 0 aliphatic carbocycles. The van der Waals surface area contributed by atoms with Gasteiger partial charge >= 0.3 is 0 Å². The molecule has 0 atom stereocenters. The zero-order valence-corrected chi connectivity index (χ0v) is 14.7. The number of carbonyl (C=O) groups excluding carboxylic acids is 1. The van der Waals surface area contributed by atoms with Gasteiger partial charge in [0.1, 0.15) is 0 Å². The molecule has 2 aromatic rings. The summed E-state index contributed by atoms with van der Waals surface area (Å²) in [4.78, 5) is 13.5. The summed E-state index contributed by atoms with van der Waals surface area (Å²) >= 11 is 6.61. The molecular formula is C17H19N3OS2. The van der Waals surface area contributed by atoms with Crippen molar-refractivity contribution >= 4 is 34.6 Å². The molecule has 1 aromatic heterocycles. The van der Waals surface area contributed by atoms with Crippen LogP contribution in [0.1, 0.15) is 20.8 Å². The predicted molar refractivity (Wildman–Crippen MR) is 101 cm³/mol. The first-order chi connectivity index (χ1) is 11.0. The van der Waals surface area contributed by atoms with Gasteiger partial charge in [-0.3, -0.25) is 15.6 Å². The molecule has 0 saturated heterocycles. The summed E-state index contributed by atoms with van der Waals surface area (Å²) < 4.78 is 0. The molecule has 0 spiro atoms. The van der Waals surface area contributed by atoms with Gasteiger partial charge in [0.15, 0.2) is 5.11 Å². The molecule has 23 heavy (non-hydrogen) atoms. The molecule has 4 nitrogen and oxygen atoms in total. The number of amides is 1. The highest BCUT2D eigenvalue weighted by Crippen LogP contribution is 2.32. The Morgan fingerprint density at radius 2 is 1.96 bits per heavy atom. The first-order valence-corrected chi connectivity index (χ1v) is 8.42. The minimum atomic E-state index is -0.215. The van der Waals surface area contributed by atoms with Crippen molar-refractivity contribution in [2.45, 2.75) is 13.8 Å². The maximum absolute atomic E-state index is 12.4. The summed E-state index contributed by atoms with van der Waals surface area (Å²) in [7, 11) is 0. The Bertz CT molecular complexity index is 720. The molecule has 1 heterocycles. The third kappa shape index (κ3) is 4.40. The van der Waals surface area contributed by atoms with Crippen molar-refractivity contribution in [3.05, 3.63) is 58.3 Å². The summed E-state index contributed by atoms with van der Waals surface area (Å²) in [5.41, 5.74) is 9.13. The molecule has 6 heteroatoms. The van der Waals surface area contributed by atoms with Gasteiger partial charge < -0.3 is 5.32 Å². The maximum atomic E-state index is 12.4.